The lowest BCUT2D eigenvalue weighted by molar-refractivity contribution is 0.00282. The molecule has 0 heterocycles. The third kappa shape index (κ3) is 3.46. The summed E-state index contributed by atoms with van der Waals surface area (Å²) >= 11 is 0. The van der Waals surface area contributed by atoms with Gasteiger partial charge in [0.25, 0.3) is 0 Å². The van der Waals surface area contributed by atoms with Gasteiger partial charge in [0.15, 0.2) is 0 Å². The molecule has 0 aliphatic heterocycles. The molecule has 0 saturated heterocycles. The number of rotatable bonds is 5. The smallest absolute Gasteiger partial charge is 0.0750 e. The summed E-state index contributed by atoms with van der Waals surface area (Å²) in [4.78, 5) is 0. The van der Waals surface area contributed by atoms with Crippen molar-refractivity contribution in [1.82, 2.24) is 0 Å². The molecule has 4 rings (SSSR count). The van der Waals surface area contributed by atoms with Crippen LogP contribution in [0.1, 0.15) is 106 Å². The Hall–Kier alpha value is -0.560. The van der Waals surface area contributed by atoms with E-state index >= 15 is 0 Å². The van der Waals surface area contributed by atoms with Gasteiger partial charge in [-0.15, -0.1) is 0 Å². The monoisotopic (exact) mass is 412 g/mol. The molecule has 6 unspecified atom stereocenters. The zero-order chi connectivity index (χ0) is 21.8. The second-order valence-corrected chi connectivity index (χ2v) is 12.7. The molecule has 0 bridgehead atoms. The van der Waals surface area contributed by atoms with E-state index in [4.69, 9.17) is 0 Å². The average Bonchev–Trinajstić information content (AvgIpc) is 3.06. The van der Waals surface area contributed by atoms with Crippen LogP contribution >= 0.6 is 0 Å². The quantitative estimate of drug-likeness (QED) is 0.454. The summed E-state index contributed by atoms with van der Waals surface area (Å²) in [5.41, 5.74) is 5.72. The fourth-order valence-electron chi connectivity index (χ4n) is 8.54. The predicted octanol–water partition coefficient (Wildman–Crippen LogP) is 7.94. The Kier molecular flexibility index (Phi) is 6.10. The highest BCUT2D eigenvalue weighted by Crippen LogP contribution is 2.66. The molecular formula is C29H48O. The first-order valence-corrected chi connectivity index (χ1v) is 13.2. The molecule has 8 atom stereocenters. The highest BCUT2D eigenvalue weighted by molar-refractivity contribution is 5.36. The van der Waals surface area contributed by atoms with Gasteiger partial charge in [0, 0.05) is 0 Å². The molecular weight excluding hydrogens is 364 g/mol. The van der Waals surface area contributed by atoms with Crippen molar-refractivity contribution in [2.75, 3.05) is 0 Å². The van der Waals surface area contributed by atoms with E-state index in [-0.39, 0.29) is 6.10 Å². The first kappa shape index (κ1) is 22.6. The minimum atomic E-state index is -0.254. The Morgan fingerprint density at radius 3 is 2.37 bits per heavy atom. The maximum absolute atomic E-state index is 10.4. The Labute approximate surface area is 186 Å². The maximum atomic E-state index is 10.4. The molecule has 1 N–H and O–H groups in total. The molecule has 170 valence electrons. The van der Waals surface area contributed by atoms with Crippen LogP contribution in [0.2, 0.25) is 0 Å². The number of fused-ring (bicyclic) bond motifs is 4. The van der Waals surface area contributed by atoms with Crippen molar-refractivity contribution in [1.29, 1.82) is 0 Å². The summed E-state index contributed by atoms with van der Waals surface area (Å²) in [6.45, 7) is 19.3. The lowest BCUT2D eigenvalue weighted by Crippen LogP contribution is -2.49. The third-order valence-corrected chi connectivity index (χ3v) is 11.0. The van der Waals surface area contributed by atoms with Gasteiger partial charge in [-0.1, -0.05) is 72.1 Å². The summed E-state index contributed by atoms with van der Waals surface area (Å²) in [5.74, 6) is 4.67. The van der Waals surface area contributed by atoms with Gasteiger partial charge in [0.05, 0.1) is 6.10 Å². The van der Waals surface area contributed by atoms with Gasteiger partial charge in [-0.3, -0.25) is 0 Å². The van der Waals surface area contributed by atoms with Crippen LogP contribution in [0, 0.1) is 46.3 Å². The molecule has 0 aromatic rings. The number of allylic oxidation sites excluding steroid dienone is 2. The average molecular weight is 413 g/mol. The van der Waals surface area contributed by atoms with Gasteiger partial charge in [-0.2, -0.15) is 0 Å². The molecule has 0 aromatic carbocycles. The van der Waals surface area contributed by atoms with E-state index in [9.17, 15) is 5.11 Å². The van der Waals surface area contributed by atoms with Crippen LogP contribution in [0.4, 0.5) is 0 Å². The molecule has 0 radical (unpaired) electrons. The van der Waals surface area contributed by atoms with Crippen LogP contribution < -0.4 is 0 Å². The topological polar surface area (TPSA) is 20.2 Å². The van der Waals surface area contributed by atoms with Crippen LogP contribution in [0.5, 0.6) is 0 Å². The van der Waals surface area contributed by atoms with E-state index in [1.54, 1.807) is 0 Å². The number of aliphatic hydroxyl groups excluding tert-OH is 1. The lowest BCUT2D eigenvalue weighted by Gasteiger charge is -2.57. The van der Waals surface area contributed by atoms with Crippen molar-refractivity contribution in [2.45, 2.75) is 112 Å². The van der Waals surface area contributed by atoms with Gasteiger partial charge < -0.3 is 5.11 Å². The normalized spacial score (nSPS) is 43.3. The van der Waals surface area contributed by atoms with Crippen molar-refractivity contribution in [3.05, 3.63) is 23.3 Å². The van der Waals surface area contributed by atoms with E-state index < -0.39 is 0 Å². The molecule has 3 fully saturated rings. The number of hydrogen-bond acceptors (Lipinski definition) is 1. The summed E-state index contributed by atoms with van der Waals surface area (Å²) in [6, 6.07) is 0. The van der Waals surface area contributed by atoms with E-state index in [0.717, 1.165) is 41.6 Å². The maximum Gasteiger partial charge on any atom is 0.0750 e. The van der Waals surface area contributed by atoms with E-state index in [1.807, 2.05) is 11.1 Å². The molecule has 4 aliphatic rings. The minimum absolute atomic E-state index is 0.254. The van der Waals surface area contributed by atoms with Crippen LogP contribution in [0.3, 0.4) is 0 Å². The molecule has 3 saturated carbocycles. The Balaban J connectivity index is 1.55. The van der Waals surface area contributed by atoms with E-state index in [2.05, 4.69) is 48.1 Å². The first-order chi connectivity index (χ1) is 14.1. The Bertz CT molecular complexity index is 701. The number of hydrogen-bond donors (Lipinski definition) is 1. The summed E-state index contributed by atoms with van der Waals surface area (Å²) in [6.07, 6.45) is 12.7. The van der Waals surface area contributed by atoms with E-state index in [1.165, 1.54) is 57.8 Å². The zero-order valence-electron chi connectivity index (χ0n) is 20.8. The highest BCUT2D eigenvalue weighted by atomic mass is 16.3. The second-order valence-electron chi connectivity index (χ2n) is 12.7. The van der Waals surface area contributed by atoms with Crippen molar-refractivity contribution < 1.29 is 5.11 Å². The molecule has 30 heavy (non-hydrogen) atoms. The first-order valence-electron chi connectivity index (χ1n) is 13.2. The van der Waals surface area contributed by atoms with Crippen LogP contribution in [-0.4, -0.2) is 11.2 Å². The standard InChI is InChI=1S/C29H48O/c1-18(2)19(3)8-9-20(4)23-12-13-25-22-10-11-24-21(5)27(30)15-17-29(24,7)26(22)14-16-28(23,25)6/h18-20,23-24,26-27,30H,5,8-17H2,1-4,6-7H3/t19?,20?,23?,24?,26?,27?,28-,29+/m1/s1. The van der Waals surface area contributed by atoms with E-state index in [0.29, 0.717) is 16.7 Å². The SMILES string of the molecule is C=C1C(O)CC[C@@]2(C)C1CCC1=C3CCC(C(C)CCC(C)C(C)C)[C@@]3(C)CCC12. The summed E-state index contributed by atoms with van der Waals surface area (Å²) in [5, 5.41) is 10.4. The fourth-order valence-corrected chi connectivity index (χ4v) is 8.54. The van der Waals surface area contributed by atoms with Gasteiger partial charge in [0.1, 0.15) is 0 Å². The van der Waals surface area contributed by atoms with Crippen molar-refractivity contribution in [3.63, 3.8) is 0 Å². The van der Waals surface area contributed by atoms with Gasteiger partial charge >= 0.3 is 0 Å². The van der Waals surface area contributed by atoms with Gasteiger partial charge in [0.2, 0.25) is 0 Å². The third-order valence-electron chi connectivity index (χ3n) is 11.0. The Morgan fingerprint density at radius 2 is 1.67 bits per heavy atom. The molecule has 0 spiro atoms. The number of aliphatic hydroxyl groups is 1. The summed E-state index contributed by atoms with van der Waals surface area (Å²) in [7, 11) is 0. The Morgan fingerprint density at radius 1 is 0.933 bits per heavy atom. The highest BCUT2D eigenvalue weighted by Gasteiger charge is 2.56. The summed E-state index contributed by atoms with van der Waals surface area (Å²) < 4.78 is 0. The molecule has 0 aromatic heterocycles. The predicted molar refractivity (Wildman–Crippen MR) is 128 cm³/mol. The lowest BCUT2D eigenvalue weighted by atomic mass is 9.48. The molecule has 1 nitrogen and oxygen atoms in total. The van der Waals surface area contributed by atoms with Crippen LogP contribution in [0.25, 0.3) is 0 Å². The van der Waals surface area contributed by atoms with Gasteiger partial charge in [-0.05, 0) is 103 Å². The fraction of sp³-hybridized carbons (Fsp3) is 0.862. The molecule has 1 heteroatoms. The molecule has 4 aliphatic carbocycles. The van der Waals surface area contributed by atoms with Crippen LogP contribution in [-0.2, 0) is 0 Å². The minimum Gasteiger partial charge on any atom is -0.389 e. The zero-order valence-corrected chi connectivity index (χ0v) is 20.8. The largest absolute Gasteiger partial charge is 0.389 e. The van der Waals surface area contributed by atoms with Gasteiger partial charge in [-0.25, -0.2) is 0 Å². The van der Waals surface area contributed by atoms with Crippen molar-refractivity contribution >= 4 is 0 Å². The van der Waals surface area contributed by atoms with Crippen molar-refractivity contribution in [2.24, 2.45) is 46.3 Å². The second kappa shape index (κ2) is 8.09. The molecule has 0 amide bonds. The van der Waals surface area contributed by atoms with Crippen molar-refractivity contribution in [3.8, 4) is 0 Å². The van der Waals surface area contributed by atoms with Crippen LogP contribution in [0.15, 0.2) is 23.3 Å².